The molecule has 0 spiro atoms. The van der Waals surface area contributed by atoms with Gasteiger partial charge >= 0.3 is 0 Å². The van der Waals surface area contributed by atoms with Gasteiger partial charge in [-0.25, -0.2) is 0 Å². The summed E-state index contributed by atoms with van der Waals surface area (Å²) in [5.41, 5.74) is 1.77. The molecule has 4 rings (SSSR count). The van der Waals surface area contributed by atoms with Gasteiger partial charge in [0, 0.05) is 38.5 Å². The van der Waals surface area contributed by atoms with Gasteiger partial charge in [-0.05, 0) is 72.8 Å². The Hall–Kier alpha value is -4.39. The lowest BCUT2D eigenvalue weighted by atomic mass is 10.1. The maximum absolute atomic E-state index is 13.0. The molecule has 37 heavy (non-hydrogen) atoms. The second-order valence-corrected chi connectivity index (χ2v) is 8.57. The molecule has 3 aromatic carbocycles. The summed E-state index contributed by atoms with van der Waals surface area (Å²) in [7, 11) is 0. The number of ketones is 1. The highest BCUT2D eigenvalue weighted by Gasteiger charge is 2.16. The topological polar surface area (TPSA) is 88.4 Å². The van der Waals surface area contributed by atoms with Crippen LogP contribution in [0.2, 0.25) is 10.0 Å². The zero-order valence-corrected chi connectivity index (χ0v) is 20.8. The third-order valence-corrected chi connectivity index (χ3v) is 5.85. The summed E-state index contributed by atoms with van der Waals surface area (Å²) in [5, 5.41) is 6.23. The number of carbonyl (C=O) groups is 3. The van der Waals surface area contributed by atoms with E-state index in [-0.39, 0.29) is 11.5 Å². The molecule has 0 radical (unpaired) electrons. The van der Waals surface area contributed by atoms with Gasteiger partial charge in [0.25, 0.3) is 11.8 Å². The molecule has 0 aliphatic rings. The zero-order valence-electron chi connectivity index (χ0n) is 19.3. The van der Waals surface area contributed by atoms with E-state index in [0.717, 1.165) is 0 Å². The summed E-state index contributed by atoms with van der Waals surface area (Å²) in [4.78, 5) is 38.2. The Morgan fingerprint density at radius 2 is 1.46 bits per heavy atom. The molecule has 0 bridgehead atoms. The molecular formula is C29H20Cl2N2O4. The number of furan rings is 1. The molecule has 4 aromatic rings. The van der Waals surface area contributed by atoms with Crippen LogP contribution in [0.15, 0.2) is 107 Å². The second kappa shape index (κ2) is 12.0. The number of hydrogen-bond donors (Lipinski definition) is 2. The Labute approximate surface area is 223 Å². The fourth-order valence-electron chi connectivity index (χ4n) is 3.30. The third kappa shape index (κ3) is 6.85. The molecular weight excluding hydrogens is 511 g/mol. The first-order valence-electron chi connectivity index (χ1n) is 11.1. The molecule has 184 valence electrons. The third-order valence-electron chi connectivity index (χ3n) is 5.19. The van der Waals surface area contributed by atoms with E-state index in [0.29, 0.717) is 38.2 Å². The van der Waals surface area contributed by atoms with Crippen molar-refractivity contribution in [3.05, 3.63) is 135 Å². The highest BCUT2D eigenvalue weighted by molar-refractivity contribution is 6.37. The number of nitrogens with one attached hydrogen (secondary N) is 2. The minimum atomic E-state index is -0.562. The first kappa shape index (κ1) is 25.7. The predicted molar refractivity (Wildman–Crippen MR) is 145 cm³/mol. The van der Waals surface area contributed by atoms with Crippen molar-refractivity contribution in [2.24, 2.45) is 0 Å². The predicted octanol–water partition coefficient (Wildman–Crippen LogP) is 6.89. The quantitative estimate of drug-likeness (QED) is 0.191. The van der Waals surface area contributed by atoms with Crippen molar-refractivity contribution in [1.29, 1.82) is 0 Å². The molecule has 0 fully saturated rings. The Bertz CT molecular complexity index is 1460. The molecule has 0 unspecified atom stereocenters. The molecule has 1 aromatic heterocycles. The fraction of sp³-hybridized carbons (Fsp3) is 0. The lowest BCUT2D eigenvalue weighted by Gasteiger charge is -2.11. The lowest BCUT2D eigenvalue weighted by molar-refractivity contribution is -0.113. The van der Waals surface area contributed by atoms with Crippen molar-refractivity contribution in [3.63, 3.8) is 0 Å². The van der Waals surface area contributed by atoms with Gasteiger partial charge in [-0.3, -0.25) is 14.4 Å². The summed E-state index contributed by atoms with van der Waals surface area (Å²) in [6.07, 6.45) is 5.83. The van der Waals surface area contributed by atoms with Gasteiger partial charge in [0.2, 0.25) is 0 Å². The van der Waals surface area contributed by atoms with Crippen molar-refractivity contribution in [1.82, 2.24) is 5.32 Å². The number of halogens is 2. The monoisotopic (exact) mass is 530 g/mol. The molecule has 0 saturated heterocycles. The van der Waals surface area contributed by atoms with Crippen LogP contribution in [-0.4, -0.2) is 17.6 Å². The average Bonchev–Trinajstić information content (AvgIpc) is 3.42. The highest BCUT2D eigenvalue weighted by atomic mass is 35.5. The molecule has 8 heteroatoms. The average molecular weight is 531 g/mol. The summed E-state index contributed by atoms with van der Waals surface area (Å²) >= 11 is 12.3. The zero-order chi connectivity index (χ0) is 26.2. The summed E-state index contributed by atoms with van der Waals surface area (Å²) < 4.78 is 5.30. The van der Waals surface area contributed by atoms with Crippen LogP contribution in [0.4, 0.5) is 5.69 Å². The first-order valence-corrected chi connectivity index (χ1v) is 11.9. The van der Waals surface area contributed by atoms with Crippen LogP contribution in [0.5, 0.6) is 0 Å². The smallest absolute Gasteiger partial charge is 0.272 e. The van der Waals surface area contributed by atoms with Crippen molar-refractivity contribution >= 4 is 58.6 Å². The normalized spacial score (nSPS) is 11.4. The standard InChI is InChI=1S/C29H20Cl2N2O4/c30-24-9-4-10-25(31)23(24)15-16-27(34)19-11-13-21(14-12-19)32-29(36)26(18-22-8-5-17-37-22)33-28(35)20-6-2-1-3-7-20/h1-18H,(H,32,36)(H,33,35)/b16-15+,26-18-. The molecule has 0 aliphatic carbocycles. The molecule has 2 N–H and O–H groups in total. The summed E-state index contributed by atoms with van der Waals surface area (Å²) in [6, 6.07) is 23.3. The fourth-order valence-corrected chi connectivity index (χ4v) is 3.82. The lowest BCUT2D eigenvalue weighted by Crippen LogP contribution is -2.30. The van der Waals surface area contributed by atoms with E-state index in [2.05, 4.69) is 10.6 Å². The molecule has 0 atom stereocenters. The Morgan fingerprint density at radius 3 is 2.11 bits per heavy atom. The molecule has 2 amide bonds. The van der Waals surface area contributed by atoms with Crippen molar-refractivity contribution < 1.29 is 18.8 Å². The number of amides is 2. The summed E-state index contributed by atoms with van der Waals surface area (Å²) in [6.45, 7) is 0. The maximum Gasteiger partial charge on any atom is 0.272 e. The van der Waals surface area contributed by atoms with Crippen molar-refractivity contribution in [3.8, 4) is 0 Å². The van der Waals surface area contributed by atoms with E-state index in [1.807, 2.05) is 0 Å². The van der Waals surface area contributed by atoms with Crippen LogP contribution >= 0.6 is 23.2 Å². The SMILES string of the molecule is O=C(Nc1ccc(C(=O)/C=C/c2c(Cl)cccc2Cl)cc1)/C(=C/c1ccco1)NC(=O)c1ccccc1. The second-order valence-electron chi connectivity index (χ2n) is 7.76. The van der Waals surface area contributed by atoms with Gasteiger partial charge in [-0.15, -0.1) is 0 Å². The maximum atomic E-state index is 13.0. The van der Waals surface area contributed by atoms with E-state index in [1.165, 1.54) is 18.4 Å². The number of hydrogen-bond acceptors (Lipinski definition) is 4. The molecule has 0 saturated carbocycles. The number of rotatable bonds is 8. The number of anilines is 1. The van der Waals surface area contributed by atoms with Crippen LogP contribution in [0, 0.1) is 0 Å². The van der Waals surface area contributed by atoms with E-state index < -0.39 is 11.8 Å². The largest absolute Gasteiger partial charge is 0.465 e. The van der Waals surface area contributed by atoms with Crippen molar-refractivity contribution in [2.75, 3.05) is 5.32 Å². The Morgan fingerprint density at radius 1 is 0.757 bits per heavy atom. The van der Waals surface area contributed by atoms with Crippen LogP contribution in [0.3, 0.4) is 0 Å². The van der Waals surface area contributed by atoms with Gasteiger partial charge in [-0.1, -0.05) is 47.5 Å². The minimum absolute atomic E-state index is 0.0106. The van der Waals surface area contributed by atoms with Gasteiger partial charge < -0.3 is 15.1 Å². The minimum Gasteiger partial charge on any atom is -0.465 e. The van der Waals surface area contributed by atoms with Crippen LogP contribution < -0.4 is 10.6 Å². The Balaban J connectivity index is 1.47. The van der Waals surface area contributed by atoms with E-state index >= 15 is 0 Å². The van der Waals surface area contributed by atoms with Crippen LogP contribution in [0.1, 0.15) is 32.0 Å². The first-order chi connectivity index (χ1) is 17.9. The van der Waals surface area contributed by atoms with Gasteiger partial charge in [0.1, 0.15) is 11.5 Å². The summed E-state index contributed by atoms with van der Waals surface area (Å²) in [5.74, 6) is -0.875. The number of carbonyl (C=O) groups excluding carboxylic acids is 3. The van der Waals surface area contributed by atoms with Crippen molar-refractivity contribution in [2.45, 2.75) is 0 Å². The molecule has 6 nitrogen and oxygen atoms in total. The number of benzene rings is 3. The molecule has 0 aliphatic heterocycles. The highest BCUT2D eigenvalue weighted by Crippen LogP contribution is 2.25. The van der Waals surface area contributed by atoms with Gasteiger partial charge in [0.05, 0.1) is 6.26 Å². The Kier molecular flexibility index (Phi) is 8.36. The van der Waals surface area contributed by atoms with Crippen LogP contribution in [-0.2, 0) is 4.79 Å². The van der Waals surface area contributed by atoms with E-state index in [1.54, 1.807) is 91.0 Å². The number of allylic oxidation sites excluding steroid dienone is 1. The van der Waals surface area contributed by atoms with E-state index in [9.17, 15) is 14.4 Å². The van der Waals surface area contributed by atoms with Gasteiger partial charge in [0.15, 0.2) is 5.78 Å². The van der Waals surface area contributed by atoms with Gasteiger partial charge in [-0.2, -0.15) is 0 Å². The van der Waals surface area contributed by atoms with Crippen LogP contribution in [0.25, 0.3) is 12.2 Å². The molecule has 1 heterocycles. The van der Waals surface area contributed by atoms with E-state index in [4.69, 9.17) is 27.6 Å².